The second-order valence-electron chi connectivity index (χ2n) is 4.49. The number of hydrogen-bond acceptors (Lipinski definition) is 3. The Morgan fingerprint density at radius 1 is 1.36 bits per heavy atom. The van der Waals surface area contributed by atoms with Gasteiger partial charge in [0.05, 0.1) is 11.7 Å². The summed E-state index contributed by atoms with van der Waals surface area (Å²) < 4.78 is 0. The molecule has 1 N–H and O–H groups in total. The zero-order valence-electron chi connectivity index (χ0n) is 9.41. The molecule has 1 rings (SSSR count). The molecule has 0 radical (unpaired) electrons. The van der Waals surface area contributed by atoms with Gasteiger partial charge in [0.1, 0.15) is 0 Å². The molecule has 1 aromatic heterocycles. The van der Waals surface area contributed by atoms with Crippen LogP contribution in [0, 0.1) is 5.41 Å². The van der Waals surface area contributed by atoms with Crippen molar-refractivity contribution >= 4 is 0 Å². The molecule has 0 saturated carbocycles. The van der Waals surface area contributed by atoms with E-state index < -0.39 is 0 Å². The lowest BCUT2D eigenvalue weighted by Crippen LogP contribution is -2.32. The van der Waals surface area contributed by atoms with Gasteiger partial charge in [0.25, 0.3) is 0 Å². The third kappa shape index (κ3) is 2.77. The van der Waals surface area contributed by atoms with E-state index in [0.29, 0.717) is 0 Å². The summed E-state index contributed by atoms with van der Waals surface area (Å²) in [6.07, 6.45) is 5.28. The molecular weight excluding hydrogens is 174 g/mol. The van der Waals surface area contributed by atoms with Crippen LogP contribution in [0.5, 0.6) is 0 Å². The van der Waals surface area contributed by atoms with Crippen LogP contribution in [-0.2, 0) is 0 Å². The highest BCUT2D eigenvalue weighted by Gasteiger charge is 2.26. The van der Waals surface area contributed by atoms with Gasteiger partial charge in [-0.2, -0.15) is 0 Å². The molecule has 1 heterocycles. The molecule has 1 aromatic rings. The largest absolute Gasteiger partial charge is 0.308 e. The van der Waals surface area contributed by atoms with Gasteiger partial charge >= 0.3 is 0 Å². The van der Waals surface area contributed by atoms with Gasteiger partial charge in [0.2, 0.25) is 0 Å². The van der Waals surface area contributed by atoms with Crippen molar-refractivity contribution in [2.45, 2.75) is 33.7 Å². The summed E-state index contributed by atoms with van der Waals surface area (Å²) in [6.45, 7) is 9.66. The van der Waals surface area contributed by atoms with Crippen molar-refractivity contribution in [3.05, 3.63) is 24.3 Å². The Hall–Kier alpha value is -0.960. The molecule has 0 aliphatic carbocycles. The monoisotopic (exact) mass is 193 g/mol. The first-order valence-electron chi connectivity index (χ1n) is 5.05. The highest BCUT2D eigenvalue weighted by atomic mass is 15.0. The summed E-state index contributed by atoms with van der Waals surface area (Å²) in [4.78, 5) is 8.44. The third-order valence-electron chi connectivity index (χ3n) is 2.15. The van der Waals surface area contributed by atoms with Gasteiger partial charge in [-0.15, -0.1) is 0 Å². The van der Waals surface area contributed by atoms with Crippen molar-refractivity contribution in [2.75, 3.05) is 6.54 Å². The van der Waals surface area contributed by atoms with Crippen molar-refractivity contribution in [3.8, 4) is 0 Å². The van der Waals surface area contributed by atoms with Gasteiger partial charge in [-0.3, -0.25) is 9.97 Å². The third-order valence-corrected chi connectivity index (χ3v) is 2.15. The van der Waals surface area contributed by atoms with E-state index in [-0.39, 0.29) is 11.5 Å². The number of aromatic nitrogens is 2. The van der Waals surface area contributed by atoms with Crippen molar-refractivity contribution in [1.82, 2.24) is 15.3 Å². The molecule has 0 spiro atoms. The summed E-state index contributed by atoms with van der Waals surface area (Å²) in [6, 6.07) is 0.265. The quantitative estimate of drug-likeness (QED) is 0.799. The molecule has 3 heteroatoms. The van der Waals surface area contributed by atoms with E-state index in [1.807, 2.05) is 6.20 Å². The standard InChI is InChI=1S/C11H19N3/c1-5-13-10(11(2,3)4)9-8-12-6-7-14-9/h6-8,10,13H,5H2,1-4H3. The van der Waals surface area contributed by atoms with Crippen LogP contribution in [0.15, 0.2) is 18.6 Å². The van der Waals surface area contributed by atoms with Gasteiger partial charge < -0.3 is 5.32 Å². The van der Waals surface area contributed by atoms with Gasteiger partial charge in [-0.25, -0.2) is 0 Å². The predicted octanol–water partition coefficient (Wildman–Crippen LogP) is 2.17. The van der Waals surface area contributed by atoms with E-state index in [2.05, 4.69) is 43.0 Å². The van der Waals surface area contributed by atoms with Gasteiger partial charge in [0, 0.05) is 18.6 Å². The Bertz CT molecular complexity index is 264. The normalized spacial score (nSPS) is 14.0. The fraction of sp³-hybridized carbons (Fsp3) is 0.636. The lowest BCUT2D eigenvalue weighted by atomic mass is 9.85. The van der Waals surface area contributed by atoms with Crippen molar-refractivity contribution < 1.29 is 0 Å². The summed E-state index contributed by atoms with van der Waals surface area (Å²) >= 11 is 0. The van der Waals surface area contributed by atoms with Crippen molar-refractivity contribution in [2.24, 2.45) is 5.41 Å². The zero-order valence-corrected chi connectivity index (χ0v) is 9.41. The van der Waals surface area contributed by atoms with E-state index in [0.717, 1.165) is 12.2 Å². The molecule has 0 aliphatic heterocycles. The summed E-state index contributed by atoms with van der Waals surface area (Å²) in [7, 11) is 0. The SMILES string of the molecule is CCNC(c1cnccn1)C(C)(C)C. The average Bonchev–Trinajstić information content (AvgIpc) is 2.14. The zero-order chi connectivity index (χ0) is 10.6. The molecule has 0 amide bonds. The minimum Gasteiger partial charge on any atom is -0.308 e. The van der Waals surface area contributed by atoms with Gasteiger partial charge in [0.15, 0.2) is 0 Å². The fourth-order valence-corrected chi connectivity index (χ4v) is 1.52. The van der Waals surface area contributed by atoms with E-state index in [9.17, 15) is 0 Å². The second-order valence-corrected chi connectivity index (χ2v) is 4.49. The second kappa shape index (κ2) is 4.51. The molecule has 1 unspecified atom stereocenters. The molecule has 0 aliphatic rings. The maximum atomic E-state index is 4.34. The lowest BCUT2D eigenvalue weighted by Gasteiger charge is -2.30. The van der Waals surface area contributed by atoms with Crippen LogP contribution >= 0.6 is 0 Å². The minimum absolute atomic E-state index is 0.159. The van der Waals surface area contributed by atoms with E-state index in [1.54, 1.807) is 12.4 Å². The molecule has 0 fully saturated rings. The van der Waals surface area contributed by atoms with E-state index in [4.69, 9.17) is 0 Å². The molecular formula is C11H19N3. The first-order chi connectivity index (χ1) is 6.55. The number of nitrogens with one attached hydrogen (secondary N) is 1. The first kappa shape index (κ1) is 11.1. The molecule has 3 nitrogen and oxygen atoms in total. The van der Waals surface area contributed by atoms with Crippen LogP contribution < -0.4 is 5.32 Å². The molecule has 14 heavy (non-hydrogen) atoms. The predicted molar refractivity (Wildman–Crippen MR) is 57.9 cm³/mol. The Labute approximate surface area is 86.0 Å². The van der Waals surface area contributed by atoms with Crippen molar-refractivity contribution in [3.63, 3.8) is 0 Å². The maximum Gasteiger partial charge on any atom is 0.0761 e. The molecule has 0 bridgehead atoms. The lowest BCUT2D eigenvalue weighted by molar-refractivity contribution is 0.271. The summed E-state index contributed by atoms with van der Waals surface area (Å²) in [5.41, 5.74) is 1.17. The number of hydrogen-bond donors (Lipinski definition) is 1. The summed E-state index contributed by atoms with van der Waals surface area (Å²) in [5, 5.41) is 3.44. The van der Waals surface area contributed by atoms with Gasteiger partial charge in [-0.05, 0) is 12.0 Å². The molecule has 78 valence electrons. The number of nitrogens with zero attached hydrogens (tertiary/aromatic N) is 2. The van der Waals surface area contributed by atoms with Crippen LogP contribution in [0.25, 0.3) is 0 Å². The first-order valence-corrected chi connectivity index (χ1v) is 5.05. The van der Waals surface area contributed by atoms with Crippen LogP contribution in [0.2, 0.25) is 0 Å². The number of rotatable bonds is 3. The van der Waals surface area contributed by atoms with Crippen LogP contribution in [-0.4, -0.2) is 16.5 Å². The minimum atomic E-state index is 0.159. The Balaban J connectivity index is 2.89. The van der Waals surface area contributed by atoms with Gasteiger partial charge in [-0.1, -0.05) is 27.7 Å². The highest BCUT2D eigenvalue weighted by Crippen LogP contribution is 2.30. The highest BCUT2D eigenvalue weighted by molar-refractivity contribution is 5.06. The Morgan fingerprint density at radius 2 is 2.07 bits per heavy atom. The fourth-order valence-electron chi connectivity index (χ4n) is 1.52. The van der Waals surface area contributed by atoms with Crippen molar-refractivity contribution in [1.29, 1.82) is 0 Å². The van der Waals surface area contributed by atoms with E-state index in [1.165, 1.54) is 0 Å². The van der Waals surface area contributed by atoms with Crippen LogP contribution in [0.4, 0.5) is 0 Å². The van der Waals surface area contributed by atoms with Crippen LogP contribution in [0.1, 0.15) is 39.4 Å². The topological polar surface area (TPSA) is 37.8 Å². The Morgan fingerprint density at radius 3 is 2.50 bits per heavy atom. The summed E-state index contributed by atoms with van der Waals surface area (Å²) in [5.74, 6) is 0. The molecule has 0 saturated heterocycles. The smallest absolute Gasteiger partial charge is 0.0761 e. The van der Waals surface area contributed by atoms with E-state index >= 15 is 0 Å². The molecule has 0 aromatic carbocycles. The molecule has 1 atom stereocenters. The average molecular weight is 193 g/mol. The Kier molecular flexibility index (Phi) is 3.58. The van der Waals surface area contributed by atoms with Crippen LogP contribution in [0.3, 0.4) is 0 Å². The maximum absolute atomic E-state index is 4.34.